The zero-order valence-electron chi connectivity index (χ0n) is 6.96. The molecule has 0 radical (unpaired) electrons. The molecule has 0 aromatic heterocycles. The van der Waals surface area contributed by atoms with Crippen molar-refractivity contribution < 1.29 is 20.1 Å². The van der Waals surface area contributed by atoms with Crippen molar-refractivity contribution >= 4 is 12.4 Å². The van der Waals surface area contributed by atoms with E-state index in [0.29, 0.717) is 13.2 Å². The van der Waals surface area contributed by atoms with Crippen molar-refractivity contribution in [3.63, 3.8) is 0 Å². The Balaban J connectivity index is 0.000000845. The molecule has 0 aliphatic carbocycles. The minimum absolute atomic E-state index is 0. The van der Waals surface area contributed by atoms with Crippen molar-refractivity contribution in [1.82, 2.24) is 5.32 Å². The first-order chi connectivity index (χ1) is 5.70. The molecule has 5 nitrogen and oxygen atoms in total. The third kappa shape index (κ3) is 1.81. The summed E-state index contributed by atoms with van der Waals surface area (Å²) in [7, 11) is 0. The lowest BCUT2D eigenvalue weighted by Crippen LogP contribution is -2.69. The molecule has 0 aromatic carbocycles. The fourth-order valence-corrected chi connectivity index (χ4v) is 1.77. The van der Waals surface area contributed by atoms with Gasteiger partial charge in [-0.15, -0.1) is 12.4 Å². The zero-order valence-corrected chi connectivity index (χ0v) is 7.78. The van der Waals surface area contributed by atoms with Gasteiger partial charge in [0.2, 0.25) is 0 Å². The molecule has 2 aliphatic heterocycles. The number of ether oxygens (including phenoxy) is 1. The highest BCUT2D eigenvalue weighted by Gasteiger charge is 2.44. The second-order valence-electron chi connectivity index (χ2n) is 3.39. The third-order valence-corrected chi connectivity index (χ3v) is 2.55. The maximum Gasteiger partial charge on any atom is 0.109 e. The molecule has 0 amide bonds. The van der Waals surface area contributed by atoms with Crippen molar-refractivity contribution in [3.05, 3.63) is 0 Å². The molecule has 2 bridgehead atoms. The minimum Gasteiger partial charge on any atom is -0.389 e. The highest BCUT2D eigenvalue weighted by molar-refractivity contribution is 5.85. The molecule has 2 rings (SSSR count). The van der Waals surface area contributed by atoms with E-state index in [9.17, 15) is 15.3 Å². The van der Waals surface area contributed by atoms with Gasteiger partial charge in [0.25, 0.3) is 0 Å². The van der Waals surface area contributed by atoms with Gasteiger partial charge >= 0.3 is 0 Å². The number of rotatable bonds is 0. The van der Waals surface area contributed by atoms with Crippen LogP contribution in [-0.2, 0) is 4.74 Å². The second-order valence-corrected chi connectivity index (χ2v) is 3.39. The molecule has 13 heavy (non-hydrogen) atoms. The molecular weight excluding hydrogens is 198 g/mol. The van der Waals surface area contributed by atoms with Crippen LogP contribution in [0.25, 0.3) is 0 Å². The van der Waals surface area contributed by atoms with Gasteiger partial charge in [0, 0.05) is 0 Å². The lowest BCUT2D eigenvalue weighted by atomic mass is 9.89. The van der Waals surface area contributed by atoms with E-state index in [2.05, 4.69) is 5.32 Å². The van der Waals surface area contributed by atoms with Gasteiger partial charge in [0.1, 0.15) is 6.10 Å². The maximum atomic E-state index is 9.41. The van der Waals surface area contributed by atoms with Crippen LogP contribution in [0, 0.1) is 0 Å². The van der Waals surface area contributed by atoms with E-state index < -0.39 is 18.3 Å². The highest BCUT2D eigenvalue weighted by Crippen LogP contribution is 2.19. The molecule has 2 aliphatic rings. The zero-order chi connectivity index (χ0) is 8.72. The number of fused-ring (bicyclic) bond motifs is 2. The Hall–Kier alpha value is 0.0900. The normalized spacial score (nSPS) is 49.6. The van der Waals surface area contributed by atoms with Gasteiger partial charge in [-0.3, -0.25) is 0 Å². The summed E-state index contributed by atoms with van der Waals surface area (Å²) >= 11 is 0. The Morgan fingerprint density at radius 1 is 0.923 bits per heavy atom. The Bertz CT molecular complexity index is 154. The number of morpholine rings is 1. The van der Waals surface area contributed by atoms with Crippen LogP contribution >= 0.6 is 12.4 Å². The van der Waals surface area contributed by atoms with Gasteiger partial charge in [-0.1, -0.05) is 0 Å². The van der Waals surface area contributed by atoms with Crippen molar-refractivity contribution in [3.8, 4) is 0 Å². The summed E-state index contributed by atoms with van der Waals surface area (Å²) < 4.78 is 5.13. The van der Waals surface area contributed by atoms with Crippen LogP contribution < -0.4 is 5.32 Å². The molecule has 2 fully saturated rings. The fourth-order valence-electron chi connectivity index (χ4n) is 1.77. The standard InChI is InChI=1S/C7H13NO4.ClH/c9-5-3-1-12-2-4(8-3)6(10)7(5)11;/h3-11H,1-2H2;1H/t3-,4+,5+,6-,7?;. The average molecular weight is 212 g/mol. The van der Waals surface area contributed by atoms with Crippen LogP contribution in [0.4, 0.5) is 0 Å². The first-order valence-corrected chi connectivity index (χ1v) is 4.08. The van der Waals surface area contributed by atoms with Crippen LogP contribution in [0.3, 0.4) is 0 Å². The van der Waals surface area contributed by atoms with Crippen LogP contribution in [0.15, 0.2) is 0 Å². The fraction of sp³-hybridized carbons (Fsp3) is 1.00. The summed E-state index contributed by atoms with van der Waals surface area (Å²) in [5, 5.41) is 31.2. The quantitative estimate of drug-likeness (QED) is 0.368. The van der Waals surface area contributed by atoms with Crippen molar-refractivity contribution in [2.75, 3.05) is 13.2 Å². The van der Waals surface area contributed by atoms with E-state index in [4.69, 9.17) is 4.74 Å². The second kappa shape index (κ2) is 4.08. The van der Waals surface area contributed by atoms with Crippen LogP contribution in [0.1, 0.15) is 0 Å². The Morgan fingerprint density at radius 2 is 1.38 bits per heavy atom. The number of halogens is 1. The first-order valence-electron chi connectivity index (χ1n) is 4.08. The molecule has 2 heterocycles. The number of aliphatic hydroxyl groups is 3. The van der Waals surface area contributed by atoms with Gasteiger partial charge in [0.05, 0.1) is 37.5 Å². The molecule has 0 saturated carbocycles. The van der Waals surface area contributed by atoms with Gasteiger partial charge in [-0.2, -0.15) is 0 Å². The lowest BCUT2D eigenvalue weighted by Gasteiger charge is -2.44. The van der Waals surface area contributed by atoms with Crippen molar-refractivity contribution in [1.29, 1.82) is 0 Å². The Kier molecular flexibility index (Phi) is 3.50. The molecule has 78 valence electrons. The van der Waals surface area contributed by atoms with Crippen LogP contribution in [0.5, 0.6) is 0 Å². The summed E-state index contributed by atoms with van der Waals surface area (Å²) in [5.41, 5.74) is 0. The third-order valence-electron chi connectivity index (χ3n) is 2.55. The van der Waals surface area contributed by atoms with Crippen LogP contribution in [0.2, 0.25) is 0 Å². The summed E-state index contributed by atoms with van der Waals surface area (Å²) in [6.07, 6.45) is -2.92. The van der Waals surface area contributed by atoms with E-state index in [1.165, 1.54) is 0 Å². The lowest BCUT2D eigenvalue weighted by molar-refractivity contribution is -0.155. The molecular formula is C7H14ClNO4. The van der Waals surface area contributed by atoms with Crippen LogP contribution in [-0.4, -0.2) is 58.9 Å². The van der Waals surface area contributed by atoms with Gasteiger partial charge in [-0.25, -0.2) is 0 Å². The van der Waals surface area contributed by atoms with Gasteiger partial charge in [0.15, 0.2) is 0 Å². The molecule has 5 atom stereocenters. The average Bonchev–Trinajstić information content (AvgIpc) is 2.13. The van der Waals surface area contributed by atoms with Crippen molar-refractivity contribution in [2.24, 2.45) is 0 Å². The summed E-state index contributed by atoms with van der Waals surface area (Å²) in [5.74, 6) is 0. The monoisotopic (exact) mass is 211 g/mol. The number of aliphatic hydroxyl groups excluding tert-OH is 3. The highest BCUT2D eigenvalue weighted by atomic mass is 35.5. The predicted octanol–water partition coefficient (Wildman–Crippen LogP) is -2.14. The smallest absolute Gasteiger partial charge is 0.109 e. The van der Waals surface area contributed by atoms with E-state index in [-0.39, 0.29) is 24.5 Å². The molecule has 1 unspecified atom stereocenters. The maximum absolute atomic E-state index is 9.41. The van der Waals surface area contributed by atoms with Gasteiger partial charge < -0.3 is 25.4 Å². The molecule has 4 N–H and O–H groups in total. The number of nitrogens with one attached hydrogen (secondary N) is 1. The van der Waals surface area contributed by atoms with E-state index >= 15 is 0 Å². The summed E-state index contributed by atoms with van der Waals surface area (Å²) in [6, 6.07) is -0.496. The molecule has 2 saturated heterocycles. The summed E-state index contributed by atoms with van der Waals surface area (Å²) in [4.78, 5) is 0. The Labute approximate surface area is 82.1 Å². The predicted molar refractivity (Wildman–Crippen MR) is 46.8 cm³/mol. The van der Waals surface area contributed by atoms with E-state index in [1.807, 2.05) is 0 Å². The number of hydrogen-bond donors (Lipinski definition) is 4. The number of hydrogen-bond acceptors (Lipinski definition) is 5. The molecule has 0 spiro atoms. The molecule has 0 aromatic rings. The minimum atomic E-state index is -1.05. The van der Waals surface area contributed by atoms with Crippen molar-refractivity contribution in [2.45, 2.75) is 30.4 Å². The first kappa shape index (κ1) is 11.2. The SMILES string of the molecule is Cl.OC1[C@@H](O)[C@H]2COC[C@H](N2)[C@H]1O. The summed E-state index contributed by atoms with van der Waals surface area (Å²) in [6.45, 7) is 0.781. The topological polar surface area (TPSA) is 82.0 Å². The molecule has 6 heteroatoms. The number of piperidine rings is 1. The van der Waals surface area contributed by atoms with E-state index in [1.54, 1.807) is 0 Å². The largest absolute Gasteiger partial charge is 0.389 e. The Morgan fingerprint density at radius 3 is 1.85 bits per heavy atom. The van der Waals surface area contributed by atoms with E-state index in [0.717, 1.165) is 0 Å². The van der Waals surface area contributed by atoms with Gasteiger partial charge in [-0.05, 0) is 0 Å².